The van der Waals surface area contributed by atoms with Gasteiger partial charge in [0.05, 0.1) is 30.6 Å². The molecule has 2 amide bonds. The maximum Gasteiger partial charge on any atom is 0.347 e. The van der Waals surface area contributed by atoms with E-state index in [0.29, 0.717) is 16.3 Å². The van der Waals surface area contributed by atoms with Gasteiger partial charge in [-0.3, -0.25) is 14.4 Å². The van der Waals surface area contributed by atoms with E-state index in [-0.39, 0.29) is 44.1 Å². The van der Waals surface area contributed by atoms with E-state index in [9.17, 15) is 24.3 Å². The first-order chi connectivity index (χ1) is 21.9. The number of carbonyl (C=O) groups is 4. The Kier molecular flexibility index (Phi) is 14.1. The van der Waals surface area contributed by atoms with Crippen LogP contribution in [0.2, 0.25) is 5.02 Å². The molecule has 3 N–H and O–H groups in total. The topological polar surface area (TPSA) is 140 Å². The summed E-state index contributed by atoms with van der Waals surface area (Å²) in [7, 11) is 1.49. The number of methoxy groups -OCH3 is 1. The maximum absolute atomic E-state index is 13.4. The summed E-state index contributed by atoms with van der Waals surface area (Å²) in [4.78, 5) is 52.9. The summed E-state index contributed by atoms with van der Waals surface area (Å²) in [5, 5.41) is 16.8. The van der Waals surface area contributed by atoms with Crippen molar-refractivity contribution in [2.24, 2.45) is 17.8 Å². The minimum Gasteiger partial charge on any atom is -0.495 e. The fourth-order valence-corrected chi connectivity index (χ4v) is 5.26. The van der Waals surface area contributed by atoms with Gasteiger partial charge in [0.15, 0.2) is 6.10 Å². The van der Waals surface area contributed by atoms with Crippen molar-refractivity contribution in [2.45, 2.75) is 77.7 Å². The Morgan fingerprint density at radius 2 is 1.76 bits per heavy atom. The van der Waals surface area contributed by atoms with E-state index in [1.165, 1.54) is 7.11 Å². The number of cyclic esters (lactones) is 2. The van der Waals surface area contributed by atoms with Crippen LogP contribution in [-0.2, 0) is 35.1 Å². The van der Waals surface area contributed by atoms with Crippen molar-refractivity contribution in [1.29, 1.82) is 0 Å². The van der Waals surface area contributed by atoms with Crippen molar-refractivity contribution >= 4 is 41.4 Å². The average molecular weight is 657 g/mol. The van der Waals surface area contributed by atoms with Gasteiger partial charge in [-0.2, -0.15) is 0 Å². The highest BCUT2D eigenvalue weighted by Gasteiger charge is 2.33. The van der Waals surface area contributed by atoms with Gasteiger partial charge in [-0.15, -0.1) is 0 Å². The molecule has 0 saturated carbocycles. The summed E-state index contributed by atoms with van der Waals surface area (Å²) in [6.07, 6.45) is 0.441. The van der Waals surface area contributed by atoms with Gasteiger partial charge in [0.25, 0.3) is 0 Å². The summed E-state index contributed by atoms with van der Waals surface area (Å²) in [5.41, 5.74) is 1.60. The molecule has 1 aliphatic heterocycles. The summed E-state index contributed by atoms with van der Waals surface area (Å²) in [5.74, 6) is -3.20. The summed E-state index contributed by atoms with van der Waals surface area (Å²) < 4.78 is 16.7. The van der Waals surface area contributed by atoms with Crippen LogP contribution >= 0.6 is 11.6 Å². The van der Waals surface area contributed by atoms with Crippen molar-refractivity contribution in [3.63, 3.8) is 0 Å². The molecule has 250 valence electrons. The molecule has 0 bridgehead atoms. The Morgan fingerprint density at radius 1 is 1.04 bits per heavy atom. The van der Waals surface area contributed by atoms with Crippen LogP contribution in [0.15, 0.2) is 54.6 Å². The Bertz CT molecular complexity index is 1370. The maximum atomic E-state index is 13.4. The quantitative estimate of drug-likeness (QED) is 0.353. The molecule has 46 heavy (non-hydrogen) atoms. The predicted molar refractivity (Wildman–Crippen MR) is 175 cm³/mol. The Balaban J connectivity index is 1.89. The number of hydrogen-bond acceptors (Lipinski definition) is 8. The SMILES string of the molecule is COc1ccc(CC2NC(=O)CC(O)CC([C@H](C)/C=C/c3ccccc3)OC(=O)[C@H](CC(C)C)OC(=O)[C@H](C)CNC2=O)cc1Cl. The standard InChI is InChI=1S/C35H45ClN2O8/c1-21(2)15-31-35(43)45-30(22(3)11-12-24-9-7-6-8-10-24)18-26(39)19-32(40)38-28(33(41)37-20-23(4)34(42)46-31)17-25-13-14-29(44-5)27(36)16-25/h6-14,16,21-23,26,28,30-31,39H,15,17-20H2,1-5H3,(H,37,41)(H,38,40)/b12-11+/t22-,23-,26?,28?,30?,31+/m1/s1. The Hall–Kier alpha value is -3.89. The molecule has 2 aromatic rings. The van der Waals surface area contributed by atoms with Crippen LogP contribution in [0.4, 0.5) is 0 Å². The lowest BCUT2D eigenvalue weighted by Crippen LogP contribution is -2.50. The second kappa shape index (κ2) is 17.7. The highest BCUT2D eigenvalue weighted by atomic mass is 35.5. The van der Waals surface area contributed by atoms with Crippen LogP contribution in [0.3, 0.4) is 0 Å². The van der Waals surface area contributed by atoms with Gasteiger partial charge < -0.3 is 30.0 Å². The van der Waals surface area contributed by atoms with Crippen molar-refractivity contribution in [1.82, 2.24) is 10.6 Å². The zero-order chi connectivity index (χ0) is 33.8. The zero-order valence-electron chi connectivity index (χ0n) is 27.0. The summed E-state index contributed by atoms with van der Waals surface area (Å²) in [6, 6.07) is 13.6. The number of hydrogen-bond donors (Lipinski definition) is 3. The smallest absolute Gasteiger partial charge is 0.347 e. The molecule has 0 aliphatic carbocycles. The van der Waals surface area contributed by atoms with Crippen molar-refractivity contribution in [2.75, 3.05) is 13.7 Å². The highest BCUT2D eigenvalue weighted by Crippen LogP contribution is 2.26. The summed E-state index contributed by atoms with van der Waals surface area (Å²) in [6.45, 7) is 7.11. The molecule has 1 heterocycles. The number of aliphatic hydroxyl groups is 1. The van der Waals surface area contributed by atoms with Crippen LogP contribution in [0.5, 0.6) is 5.75 Å². The second-order valence-electron chi connectivity index (χ2n) is 12.2. The van der Waals surface area contributed by atoms with Crippen molar-refractivity contribution in [3.05, 3.63) is 70.8 Å². The van der Waals surface area contributed by atoms with E-state index < -0.39 is 54.0 Å². The van der Waals surface area contributed by atoms with E-state index in [4.69, 9.17) is 25.8 Å². The van der Waals surface area contributed by atoms with Crippen LogP contribution in [0.1, 0.15) is 58.1 Å². The van der Waals surface area contributed by atoms with Gasteiger partial charge in [0.1, 0.15) is 17.9 Å². The zero-order valence-corrected chi connectivity index (χ0v) is 27.8. The third-order valence-electron chi connectivity index (χ3n) is 7.67. The molecule has 0 spiro atoms. The van der Waals surface area contributed by atoms with Crippen molar-refractivity contribution in [3.8, 4) is 5.75 Å². The van der Waals surface area contributed by atoms with Gasteiger partial charge in [0.2, 0.25) is 11.8 Å². The van der Waals surface area contributed by atoms with Crippen LogP contribution in [0.25, 0.3) is 6.08 Å². The molecule has 3 unspecified atom stereocenters. The van der Waals surface area contributed by atoms with Crippen LogP contribution in [-0.4, -0.2) is 66.9 Å². The van der Waals surface area contributed by atoms with E-state index in [1.54, 1.807) is 25.1 Å². The van der Waals surface area contributed by atoms with E-state index in [0.717, 1.165) is 5.56 Å². The fraction of sp³-hybridized carbons (Fsp3) is 0.486. The largest absolute Gasteiger partial charge is 0.495 e. The lowest BCUT2D eigenvalue weighted by atomic mass is 9.95. The van der Waals surface area contributed by atoms with E-state index in [1.807, 2.05) is 63.3 Å². The lowest BCUT2D eigenvalue weighted by Gasteiger charge is -2.28. The number of benzene rings is 2. The third-order valence-corrected chi connectivity index (χ3v) is 7.97. The lowest BCUT2D eigenvalue weighted by molar-refractivity contribution is -0.176. The number of rotatable bonds is 8. The molecule has 11 heteroatoms. The molecular weight excluding hydrogens is 612 g/mol. The first kappa shape index (κ1) is 36.6. The Labute approximate surface area is 275 Å². The monoisotopic (exact) mass is 656 g/mol. The number of esters is 2. The number of aliphatic hydroxyl groups excluding tert-OH is 1. The number of nitrogens with one attached hydrogen (secondary N) is 2. The predicted octanol–water partition coefficient (Wildman–Crippen LogP) is 4.50. The molecule has 3 rings (SSSR count). The van der Waals surface area contributed by atoms with Gasteiger partial charge in [-0.1, -0.05) is 87.8 Å². The molecule has 1 fully saturated rings. The van der Waals surface area contributed by atoms with Gasteiger partial charge in [-0.05, 0) is 35.6 Å². The molecule has 1 saturated heterocycles. The van der Waals surface area contributed by atoms with Crippen molar-refractivity contribution < 1.29 is 38.5 Å². The second-order valence-corrected chi connectivity index (χ2v) is 12.6. The highest BCUT2D eigenvalue weighted by molar-refractivity contribution is 6.32. The first-order valence-electron chi connectivity index (χ1n) is 15.6. The molecule has 6 atom stereocenters. The van der Waals surface area contributed by atoms with Gasteiger partial charge in [-0.25, -0.2) is 4.79 Å². The molecule has 2 aromatic carbocycles. The van der Waals surface area contributed by atoms with E-state index in [2.05, 4.69) is 10.6 Å². The number of halogens is 1. The fourth-order valence-electron chi connectivity index (χ4n) is 4.98. The average Bonchev–Trinajstić information content (AvgIpc) is 3.01. The minimum absolute atomic E-state index is 0.00121. The number of amides is 2. The van der Waals surface area contributed by atoms with Gasteiger partial charge in [0, 0.05) is 25.3 Å². The van der Waals surface area contributed by atoms with E-state index >= 15 is 0 Å². The first-order valence-corrected chi connectivity index (χ1v) is 16.0. The molecule has 1 aliphatic rings. The third kappa shape index (κ3) is 11.5. The molecule has 0 radical (unpaired) electrons. The normalized spacial score (nSPS) is 24.6. The molecular formula is C35H45ClN2O8. The van der Waals surface area contributed by atoms with Crippen LogP contribution < -0.4 is 15.4 Å². The number of ether oxygens (including phenoxy) is 3. The van der Waals surface area contributed by atoms with Gasteiger partial charge >= 0.3 is 11.9 Å². The molecule has 10 nitrogen and oxygen atoms in total. The Morgan fingerprint density at radius 3 is 2.41 bits per heavy atom. The molecule has 0 aromatic heterocycles. The number of carbonyl (C=O) groups excluding carboxylic acids is 4. The minimum atomic E-state index is -1.21. The summed E-state index contributed by atoms with van der Waals surface area (Å²) >= 11 is 6.29. The van der Waals surface area contributed by atoms with Crippen LogP contribution in [0, 0.1) is 17.8 Å².